The summed E-state index contributed by atoms with van der Waals surface area (Å²) in [5.74, 6) is 0.274. The molecule has 0 atom stereocenters. The Balaban J connectivity index is 2.36. The number of aliphatic hydroxyl groups is 1. The lowest BCUT2D eigenvalue weighted by molar-refractivity contribution is 0.113. The smallest absolute Gasteiger partial charge is 0.246 e. The van der Waals surface area contributed by atoms with Crippen LogP contribution in [0.1, 0.15) is 12.8 Å². The quantitative estimate of drug-likeness (QED) is 0.919. The van der Waals surface area contributed by atoms with Crippen LogP contribution in [-0.2, 0) is 10.0 Å². The summed E-state index contributed by atoms with van der Waals surface area (Å²) in [4.78, 5) is 0.0684. The molecular formula is C12H16ClNO4S. The number of aliphatic hydroxyl groups excluding tert-OH is 1. The number of hydrogen-bond donors (Lipinski definition) is 1. The van der Waals surface area contributed by atoms with Crippen LogP contribution in [0.5, 0.6) is 5.75 Å². The molecule has 1 aliphatic heterocycles. The fraction of sp³-hybridized carbons (Fsp3) is 0.500. The molecule has 1 heterocycles. The van der Waals surface area contributed by atoms with Crippen molar-refractivity contribution in [2.24, 2.45) is 0 Å². The first-order valence-electron chi connectivity index (χ1n) is 5.97. The summed E-state index contributed by atoms with van der Waals surface area (Å²) in [7, 11) is -2.22. The van der Waals surface area contributed by atoms with Crippen LogP contribution in [0.2, 0.25) is 5.02 Å². The summed E-state index contributed by atoms with van der Waals surface area (Å²) < 4.78 is 31.5. The number of benzene rings is 1. The van der Waals surface area contributed by atoms with Gasteiger partial charge in [-0.15, -0.1) is 0 Å². The van der Waals surface area contributed by atoms with Gasteiger partial charge in [0.05, 0.1) is 13.2 Å². The Kier molecular flexibility index (Phi) is 4.35. The van der Waals surface area contributed by atoms with E-state index in [4.69, 9.17) is 16.3 Å². The molecular weight excluding hydrogens is 290 g/mol. The maximum absolute atomic E-state index is 12.5. The first-order valence-corrected chi connectivity index (χ1v) is 7.78. The Hall–Kier alpha value is -0.820. The molecule has 0 spiro atoms. The summed E-state index contributed by atoms with van der Waals surface area (Å²) in [5, 5.41) is 9.78. The van der Waals surface area contributed by atoms with Crippen molar-refractivity contribution in [2.45, 2.75) is 23.8 Å². The highest BCUT2D eigenvalue weighted by molar-refractivity contribution is 7.89. The van der Waals surface area contributed by atoms with Crippen LogP contribution in [0.15, 0.2) is 23.1 Å². The molecule has 1 aromatic carbocycles. The van der Waals surface area contributed by atoms with Crippen molar-refractivity contribution in [2.75, 3.05) is 20.2 Å². The van der Waals surface area contributed by atoms with Gasteiger partial charge in [0.15, 0.2) is 0 Å². The largest absolute Gasteiger partial charge is 0.495 e. The van der Waals surface area contributed by atoms with Crippen molar-refractivity contribution in [3.63, 3.8) is 0 Å². The molecule has 0 radical (unpaired) electrons. The lowest BCUT2D eigenvalue weighted by Gasteiger charge is -2.29. The van der Waals surface area contributed by atoms with E-state index >= 15 is 0 Å². The predicted octanol–water partition coefficient (Wildman–Crippen LogP) is 1.49. The van der Waals surface area contributed by atoms with Gasteiger partial charge in [-0.05, 0) is 31.0 Å². The van der Waals surface area contributed by atoms with Crippen LogP contribution in [0, 0.1) is 0 Å². The highest BCUT2D eigenvalue weighted by Crippen LogP contribution is 2.30. The molecule has 0 aromatic heterocycles. The number of halogens is 1. The third-order valence-electron chi connectivity index (χ3n) is 3.17. The fourth-order valence-electron chi connectivity index (χ4n) is 2.07. The minimum atomic E-state index is -3.64. The van der Waals surface area contributed by atoms with Gasteiger partial charge in [0.2, 0.25) is 10.0 Å². The van der Waals surface area contributed by atoms with Crippen molar-refractivity contribution < 1.29 is 18.3 Å². The molecule has 1 N–H and O–H groups in total. The van der Waals surface area contributed by atoms with E-state index in [-0.39, 0.29) is 10.6 Å². The molecule has 0 saturated carbocycles. The summed E-state index contributed by atoms with van der Waals surface area (Å²) in [5.41, 5.74) is 0. The molecule has 1 aromatic rings. The molecule has 19 heavy (non-hydrogen) atoms. The Morgan fingerprint density at radius 1 is 1.37 bits per heavy atom. The maximum atomic E-state index is 12.5. The predicted molar refractivity (Wildman–Crippen MR) is 72.0 cm³/mol. The van der Waals surface area contributed by atoms with Crippen LogP contribution in [0.25, 0.3) is 0 Å². The van der Waals surface area contributed by atoms with Gasteiger partial charge in [0, 0.05) is 18.1 Å². The molecule has 2 rings (SSSR count). The Morgan fingerprint density at radius 3 is 2.58 bits per heavy atom. The van der Waals surface area contributed by atoms with Gasteiger partial charge >= 0.3 is 0 Å². The molecule has 0 bridgehead atoms. The van der Waals surface area contributed by atoms with Crippen molar-refractivity contribution >= 4 is 21.6 Å². The number of ether oxygens (including phenoxy) is 1. The molecule has 1 aliphatic rings. The summed E-state index contributed by atoms with van der Waals surface area (Å²) in [6, 6.07) is 4.51. The molecule has 7 heteroatoms. The van der Waals surface area contributed by atoms with Crippen molar-refractivity contribution in [1.82, 2.24) is 4.31 Å². The number of methoxy groups -OCH3 is 1. The topological polar surface area (TPSA) is 66.8 Å². The number of rotatable bonds is 3. The average molecular weight is 306 g/mol. The van der Waals surface area contributed by atoms with Crippen molar-refractivity contribution in [3.8, 4) is 5.75 Å². The first kappa shape index (κ1) is 14.6. The van der Waals surface area contributed by atoms with Crippen LogP contribution in [0.4, 0.5) is 0 Å². The van der Waals surface area contributed by atoms with Gasteiger partial charge in [0.1, 0.15) is 10.6 Å². The monoisotopic (exact) mass is 305 g/mol. The van der Waals surface area contributed by atoms with E-state index in [1.165, 1.54) is 23.5 Å². The van der Waals surface area contributed by atoms with Crippen LogP contribution >= 0.6 is 11.6 Å². The molecule has 5 nitrogen and oxygen atoms in total. The van der Waals surface area contributed by atoms with E-state index in [1.807, 2.05) is 0 Å². The zero-order valence-corrected chi connectivity index (χ0v) is 12.1. The van der Waals surface area contributed by atoms with Crippen molar-refractivity contribution in [3.05, 3.63) is 23.2 Å². The molecule has 0 aliphatic carbocycles. The number of nitrogens with zero attached hydrogens (tertiary/aromatic N) is 1. The minimum Gasteiger partial charge on any atom is -0.495 e. The lowest BCUT2D eigenvalue weighted by Crippen LogP contribution is -2.40. The minimum absolute atomic E-state index is 0.0684. The molecule has 0 unspecified atom stereocenters. The fourth-order valence-corrected chi connectivity index (χ4v) is 3.96. The van der Waals surface area contributed by atoms with Gasteiger partial charge in [-0.25, -0.2) is 8.42 Å². The van der Waals surface area contributed by atoms with E-state index < -0.39 is 16.1 Å². The molecule has 1 saturated heterocycles. The van der Waals surface area contributed by atoms with Gasteiger partial charge in [0.25, 0.3) is 0 Å². The van der Waals surface area contributed by atoms with Crippen LogP contribution in [0.3, 0.4) is 0 Å². The molecule has 1 fully saturated rings. The average Bonchev–Trinajstić information content (AvgIpc) is 2.39. The van der Waals surface area contributed by atoms with E-state index in [0.29, 0.717) is 31.0 Å². The normalized spacial score (nSPS) is 18.5. The molecule has 0 amide bonds. The third-order valence-corrected chi connectivity index (χ3v) is 5.32. The summed E-state index contributed by atoms with van der Waals surface area (Å²) in [6.45, 7) is 0.609. The van der Waals surface area contributed by atoms with E-state index in [1.54, 1.807) is 6.07 Å². The maximum Gasteiger partial charge on any atom is 0.246 e. The second-order valence-corrected chi connectivity index (χ2v) is 6.77. The second kappa shape index (κ2) is 5.66. The van der Waals surface area contributed by atoms with E-state index in [2.05, 4.69) is 0 Å². The zero-order chi connectivity index (χ0) is 14.0. The SMILES string of the molecule is COc1ccc(Cl)cc1S(=O)(=O)N1CCC(O)CC1. The third kappa shape index (κ3) is 3.02. The summed E-state index contributed by atoms with van der Waals surface area (Å²) in [6.07, 6.45) is 0.470. The van der Waals surface area contributed by atoms with E-state index in [9.17, 15) is 13.5 Å². The summed E-state index contributed by atoms with van der Waals surface area (Å²) >= 11 is 5.86. The van der Waals surface area contributed by atoms with E-state index in [0.717, 1.165) is 0 Å². The van der Waals surface area contributed by atoms with Gasteiger partial charge in [-0.3, -0.25) is 0 Å². The highest BCUT2D eigenvalue weighted by Gasteiger charge is 2.31. The Morgan fingerprint density at radius 2 is 2.00 bits per heavy atom. The Labute approximate surface area is 117 Å². The zero-order valence-electron chi connectivity index (χ0n) is 10.5. The highest BCUT2D eigenvalue weighted by atomic mass is 35.5. The second-order valence-electron chi connectivity index (χ2n) is 4.43. The first-order chi connectivity index (χ1) is 8.95. The number of hydrogen-bond acceptors (Lipinski definition) is 4. The van der Waals surface area contributed by atoms with Crippen LogP contribution < -0.4 is 4.74 Å². The lowest BCUT2D eigenvalue weighted by atomic mass is 10.1. The Bertz CT molecular complexity index is 553. The van der Waals surface area contributed by atoms with Gasteiger partial charge < -0.3 is 9.84 Å². The molecule has 106 valence electrons. The van der Waals surface area contributed by atoms with Gasteiger partial charge in [-0.2, -0.15) is 4.31 Å². The van der Waals surface area contributed by atoms with Crippen molar-refractivity contribution in [1.29, 1.82) is 0 Å². The number of sulfonamides is 1. The van der Waals surface area contributed by atoms with Gasteiger partial charge in [-0.1, -0.05) is 11.6 Å². The van der Waals surface area contributed by atoms with Crippen LogP contribution in [-0.4, -0.2) is 44.1 Å². The number of piperidine rings is 1. The standard InChI is InChI=1S/C12H16ClNO4S/c1-18-11-3-2-9(13)8-12(11)19(16,17)14-6-4-10(15)5-7-14/h2-3,8,10,15H,4-7H2,1H3.